The van der Waals surface area contributed by atoms with Crippen LogP contribution in [0, 0.1) is 19.3 Å². The molecule has 0 spiro atoms. The summed E-state index contributed by atoms with van der Waals surface area (Å²) in [5, 5.41) is 13.5. The molecule has 0 saturated heterocycles. The number of carboxylic acids is 1. The van der Waals surface area contributed by atoms with Crippen LogP contribution in [-0.4, -0.2) is 20.9 Å². The summed E-state index contributed by atoms with van der Waals surface area (Å²) in [6.45, 7) is 10.8. The molecule has 0 amide bonds. The summed E-state index contributed by atoms with van der Waals surface area (Å²) in [5.41, 5.74) is 3.41. The third kappa shape index (κ3) is 2.07. The summed E-state index contributed by atoms with van der Waals surface area (Å²) in [6.07, 6.45) is 3.48. The van der Waals surface area contributed by atoms with Gasteiger partial charge in [0.05, 0.1) is 5.69 Å². The molecule has 1 atom stereocenters. The Kier molecular flexibility index (Phi) is 3.23. The lowest BCUT2D eigenvalue weighted by molar-refractivity contribution is -0.138. The summed E-state index contributed by atoms with van der Waals surface area (Å²) in [6, 6.07) is 0. The van der Waals surface area contributed by atoms with Gasteiger partial charge in [-0.2, -0.15) is 5.10 Å². The lowest BCUT2D eigenvalue weighted by Gasteiger charge is -2.39. The van der Waals surface area contributed by atoms with E-state index in [1.54, 1.807) is 4.68 Å². The van der Waals surface area contributed by atoms with Crippen molar-refractivity contribution in [3.8, 4) is 0 Å². The molecule has 0 aliphatic heterocycles. The van der Waals surface area contributed by atoms with Crippen molar-refractivity contribution in [3.05, 3.63) is 17.0 Å². The molecule has 0 aromatic carbocycles. The van der Waals surface area contributed by atoms with Gasteiger partial charge in [-0.15, -0.1) is 0 Å². The van der Waals surface area contributed by atoms with E-state index < -0.39 is 5.97 Å². The number of rotatable bonds is 3. The maximum Gasteiger partial charge on any atom is 0.325 e. The molecule has 1 saturated carbocycles. The van der Waals surface area contributed by atoms with Crippen molar-refractivity contribution < 1.29 is 9.90 Å². The Morgan fingerprint density at radius 3 is 2.42 bits per heavy atom. The van der Waals surface area contributed by atoms with E-state index in [2.05, 4.69) is 32.8 Å². The molecular formula is C15H24N2O2. The number of hydrogen-bond acceptors (Lipinski definition) is 2. The first-order chi connectivity index (χ1) is 8.69. The summed E-state index contributed by atoms with van der Waals surface area (Å²) < 4.78 is 1.71. The smallest absolute Gasteiger partial charge is 0.325 e. The first-order valence-electron chi connectivity index (χ1n) is 6.95. The van der Waals surface area contributed by atoms with Crippen LogP contribution in [0.1, 0.15) is 57.0 Å². The zero-order chi connectivity index (χ0) is 14.4. The molecule has 1 aromatic heterocycles. The van der Waals surface area contributed by atoms with E-state index in [-0.39, 0.29) is 17.4 Å². The highest BCUT2D eigenvalue weighted by Crippen LogP contribution is 2.54. The summed E-state index contributed by atoms with van der Waals surface area (Å²) >= 11 is 0. The minimum Gasteiger partial charge on any atom is -0.480 e. The van der Waals surface area contributed by atoms with E-state index in [0.29, 0.717) is 0 Å². The van der Waals surface area contributed by atoms with E-state index in [9.17, 15) is 4.79 Å². The van der Waals surface area contributed by atoms with Crippen LogP contribution in [0.5, 0.6) is 0 Å². The fourth-order valence-corrected chi connectivity index (χ4v) is 3.55. The highest BCUT2D eigenvalue weighted by atomic mass is 16.4. The molecule has 1 aromatic rings. The van der Waals surface area contributed by atoms with Gasteiger partial charge < -0.3 is 5.11 Å². The number of carbonyl (C=O) groups is 1. The fraction of sp³-hybridized carbons (Fsp3) is 0.733. The van der Waals surface area contributed by atoms with E-state index >= 15 is 0 Å². The Bertz CT molecular complexity index is 516. The predicted octanol–water partition coefficient (Wildman–Crippen LogP) is 3.05. The van der Waals surface area contributed by atoms with Crippen LogP contribution in [0.15, 0.2) is 0 Å². The van der Waals surface area contributed by atoms with Crippen molar-refractivity contribution in [2.75, 3.05) is 0 Å². The quantitative estimate of drug-likeness (QED) is 0.913. The molecule has 1 heterocycles. The number of hydrogen-bond donors (Lipinski definition) is 1. The molecule has 1 aliphatic carbocycles. The number of aliphatic carboxylic acids is 1. The minimum atomic E-state index is -0.830. The van der Waals surface area contributed by atoms with Crippen LogP contribution in [-0.2, 0) is 16.8 Å². The number of carboxylic acid groups (broad SMARTS) is 1. The van der Waals surface area contributed by atoms with E-state index in [1.807, 2.05) is 6.92 Å². The third-order valence-electron chi connectivity index (χ3n) is 5.21. The zero-order valence-electron chi connectivity index (χ0n) is 12.6. The molecule has 4 nitrogen and oxygen atoms in total. The van der Waals surface area contributed by atoms with Gasteiger partial charge >= 0.3 is 5.97 Å². The Morgan fingerprint density at radius 2 is 1.95 bits per heavy atom. The van der Waals surface area contributed by atoms with Crippen LogP contribution < -0.4 is 0 Å². The van der Waals surface area contributed by atoms with E-state index in [0.717, 1.165) is 23.4 Å². The normalized spacial score (nSPS) is 25.7. The number of nitrogens with zero attached hydrogens (tertiary/aromatic N) is 2. The second-order valence-corrected chi connectivity index (χ2v) is 6.68. The lowest BCUT2D eigenvalue weighted by Crippen LogP contribution is -2.37. The van der Waals surface area contributed by atoms with Crippen LogP contribution in [0.2, 0.25) is 0 Å². The molecule has 0 radical (unpaired) electrons. The Labute approximate surface area is 114 Å². The zero-order valence-corrected chi connectivity index (χ0v) is 12.6. The molecule has 1 fully saturated rings. The molecule has 1 aliphatic rings. The van der Waals surface area contributed by atoms with Crippen molar-refractivity contribution in [2.24, 2.45) is 5.41 Å². The fourth-order valence-electron chi connectivity index (χ4n) is 3.55. The van der Waals surface area contributed by atoms with Gasteiger partial charge in [0.2, 0.25) is 0 Å². The van der Waals surface area contributed by atoms with Crippen molar-refractivity contribution in [1.29, 1.82) is 0 Å². The maximum absolute atomic E-state index is 11.1. The maximum atomic E-state index is 11.1. The summed E-state index contributed by atoms with van der Waals surface area (Å²) in [4.78, 5) is 11.1. The van der Waals surface area contributed by atoms with E-state index in [4.69, 9.17) is 5.11 Å². The van der Waals surface area contributed by atoms with Gasteiger partial charge in [0.1, 0.15) is 6.54 Å². The van der Waals surface area contributed by atoms with Crippen molar-refractivity contribution >= 4 is 5.97 Å². The second kappa shape index (κ2) is 4.36. The van der Waals surface area contributed by atoms with Crippen molar-refractivity contribution in [1.82, 2.24) is 9.78 Å². The highest BCUT2D eigenvalue weighted by Gasteiger charge is 2.49. The van der Waals surface area contributed by atoms with Crippen molar-refractivity contribution in [3.63, 3.8) is 0 Å². The Balaban J connectivity index is 2.58. The highest BCUT2D eigenvalue weighted by molar-refractivity contribution is 5.66. The Hall–Kier alpha value is -1.32. The largest absolute Gasteiger partial charge is 0.480 e. The summed E-state index contributed by atoms with van der Waals surface area (Å²) in [5.74, 6) is -0.830. The Morgan fingerprint density at radius 1 is 1.32 bits per heavy atom. The lowest BCUT2D eigenvalue weighted by atomic mass is 9.66. The van der Waals surface area contributed by atoms with Crippen LogP contribution in [0.25, 0.3) is 0 Å². The van der Waals surface area contributed by atoms with Gasteiger partial charge in [0, 0.05) is 11.1 Å². The molecule has 19 heavy (non-hydrogen) atoms. The molecule has 4 heteroatoms. The minimum absolute atomic E-state index is 0.00773. The topological polar surface area (TPSA) is 55.1 Å². The number of aromatic nitrogens is 2. The number of aryl methyl sites for hydroxylation is 1. The van der Waals surface area contributed by atoms with E-state index in [1.165, 1.54) is 12.8 Å². The van der Waals surface area contributed by atoms with Gasteiger partial charge in [-0.1, -0.05) is 27.2 Å². The monoisotopic (exact) mass is 264 g/mol. The van der Waals surface area contributed by atoms with Gasteiger partial charge in [-0.25, -0.2) is 0 Å². The average molecular weight is 264 g/mol. The van der Waals surface area contributed by atoms with Gasteiger partial charge in [0.25, 0.3) is 0 Å². The second-order valence-electron chi connectivity index (χ2n) is 6.68. The first kappa shape index (κ1) is 14.1. The summed E-state index contributed by atoms with van der Waals surface area (Å²) in [7, 11) is 0. The molecule has 0 bridgehead atoms. The van der Waals surface area contributed by atoms with Crippen LogP contribution >= 0.6 is 0 Å². The average Bonchev–Trinajstić information content (AvgIpc) is 2.66. The van der Waals surface area contributed by atoms with Crippen LogP contribution in [0.3, 0.4) is 0 Å². The molecule has 106 valence electrons. The first-order valence-corrected chi connectivity index (χ1v) is 6.95. The van der Waals surface area contributed by atoms with Gasteiger partial charge in [-0.3, -0.25) is 9.48 Å². The molecule has 1 N–H and O–H groups in total. The van der Waals surface area contributed by atoms with Crippen LogP contribution in [0.4, 0.5) is 0 Å². The molecular weight excluding hydrogens is 240 g/mol. The van der Waals surface area contributed by atoms with Crippen molar-refractivity contribution in [2.45, 2.75) is 65.8 Å². The predicted molar refractivity (Wildman–Crippen MR) is 74.3 cm³/mol. The third-order valence-corrected chi connectivity index (χ3v) is 5.21. The van der Waals surface area contributed by atoms with Gasteiger partial charge in [-0.05, 0) is 37.7 Å². The standard InChI is InChI=1S/C15H24N2O2/c1-10-11(2)16-17(9-12(18)19)13(10)15(5)8-6-7-14(15,3)4/h6-9H2,1-5H3,(H,18,19). The molecule has 2 rings (SSSR count). The molecule has 1 unspecified atom stereocenters. The van der Waals surface area contributed by atoms with Gasteiger partial charge in [0.15, 0.2) is 0 Å². The SMILES string of the molecule is Cc1nn(CC(=O)O)c(C2(C)CCCC2(C)C)c1C.